The van der Waals surface area contributed by atoms with E-state index in [1.165, 1.54) is 11.0 Å². The zero-order valence-corrected chi connectivity index (χ0v) is 17.1. The van der Waals surface area contributed by atoms with Gasteiger partial charge < -0.3 is 14.7 Å². The van der Waals surface area contributed by atoms with E-state index < -0.39 is 29.1 Å². The number of likely N-dealkylation sites (N-methyl/N-ethyl adjacent to an activating group) is 1. The smallest absolute Gasteiger partial charge is 0.259 e. The first-order valence-electron chi connectivity index (χ1n) is 9.53. The number of carbonyl (C=O) groups excluding carboxylic acids is 2. The van der Waals surface area contributed by atoms with Gasteiger partial charge in [-0.05, 0) is 38.0 Å². The van der Waals surface area contributed by atoms with Crippen LogP contribution in [0.5, 0.6) is 0 Å². The van der Waals surface area contributed by atoms with Crippen LogP contribution in [0.1, 0.15) is 48.4 Å². The van der Waals surface area contributed by atoms with E-state index in [1.807, 2.05) is 13.8 Å². The van der Waals surface area contributed by atoms with Crippen LogP contribution in [0.25, 0.3) is 11.1 Å². The Morgan fingerprint density at radius 2 is 1.90 bits per heavy atom. The van der Waals surface area contributed by atoms with Crippen molar-refractivity contribution in [3.05, 3.63) is 52.9 Å². The molecular weight excluding hydrogens is 394 g/mol. The summed E-state index contributed by atoms with van der Waals surface area (Å²) < 4.78 is 32.8. The molecule has 0 bridgehead atoms. The van der Waals surface area contributed by atoms with Gasteiger partial charge >= 0.3 is 0 Å². The second kappa shape index (κ2) is 8.56. The Hall–Kier alpha value is -3.36. The topological polar surface area (TPSA) is 88.3 Å². The molecule has 0 aliphatic carbocycles. The van der Waals surface area contributed by atoms with Crippen LogP contribution in [-0.2, 0) is 4.79 Å². The van der Waals surface area contributed by atoms with Crippen LogP contribution >= 0.6 is 0 Å². The largest absolute Gasteiger partial charge is 0.336 e. The van der Waals surface area contributed by atoms with Crippen molar-refractivity contribution in [2.24, 2.45) is 0 Å². The van der Waals surface area contributed by atoms with Crippen molar-refractivity contribution in [1.29, 1.82) is 0 Å². The van der Waals surface area contributed by atoms with Gasteiger partial charge in [0.15, 0.2) is 0 Å². The minimum Gasteiger partial charge on any atom is -0.336 e. The van der Waals surface area contributed by atoms with Crippen LogP contribution in [0.4, 0.5) is 14.5 Å². The van der Waals surface area contributed by atoms with E-state index >= 15 is 0 Å². The van der Waals surface area contributed by atoms with Crippen molar-refractivity contribution >= 4 is 28.6 Å². The van der Waals surface area contributed by atoms with E-state index in [-0.39, 0.29) is 24.7 Å². The lowest BCUT2D eigenvalue weighted by molar-refractivity contribution is -0.116. The minimum atomic E-state index is -0.893. The molecule has 158 valence electrons. The molecule has 0 radical (unpaired) electrons. The average Bonchev–Trinajstić information content (AvgIpc) is 3.08. The Balaban J connectivity index is 1.89. The zero-order valence-electron chi connectivity index (χ0n) is 17.1. The highest BCUT2D eigenvalue weighted by Gasteiger charge is 2.25. The van der Waals surface area contributed by atoms with Crippen molar-refractivity contribution < 1.29 is 22.9 Å². The van der Waals surface area contributed by atoms with Gasteiger partial charge in [-0.15, -0.1) is 0 Å². The molecule has 0 aliphatic heterocycles. The molecule has 1 N–H and O–H groups in total. The quantitative estimate of drug-likeness (QED) is 0.655. The third-order valence-corrected chi connectivity index (χ3v) is 4.69. The fourth-order valence-corrected chi connectivity index (χ4v) is 3.05. The maximum atomic E-state index is 13.8. The second-order valence-electron chi connectivity index (χ2n) is 7.16. The Labute approximate surface area is 172 Å². The predicted octanol–water partition coefficient (Wildman–Crippen LogP) is 4.03. The number of aromatic nitrogens is 2. The second-order valence-corrected chi connectivity index (χ2v) is 7.16. The number of benzene rings is 1. The maximum Gasteiger partial charge on any atom is 0.259 e. The summed E-state index contributed by atoms with van der Waals surface area (Å²) in [5, 5.41) is 6.56. The number of nitrogens with zero attached hydrogens (tertiary/aromatic N) is 3. The number of para-hydroxylation sites is 1. The van der Waals surface area contributed by atoms with Crippen molar-refractivity contribution in [1.82, 2.24) is 15.0 Å². The number of aryl methyl sites for hydroxylation is 1. The molecular formula is C21H22F2N4O3. The van der Waals surface area contributed by atoms with Crippen LogP contribution < -0.4 is 5.32 Å². The summed E-state index contributed by atoms with van der Waals surface area (Å²) in [6.45, 7) is 7.09. The Morgan fingerprint density at radius 1 is 1.23 bits per heavy atom. The van der Waals surface area contributed by atoms with Gasteiger partial charge in [-0.3, -0.25) is 9.59 Å². The van der Waals surface area contributed by atoms with Crippen molar-refractivity contribution in [3.8, 4) is 0 Å². The van der Waals surface area contributed by atoms with E-state index in [9.17, 15) is 18.4 Å². The molecule has 0 spiro atoms. The minimum absolute atomic E-state index is 0.0359. The van der Waals surface area contributed by atoms with Crippen LogP contribution in [-0.4, -0.2) is 39.9 Å². The molecule has 0 aliphatic rings. The number of amides is 2. The first-order valence-corrected chi connectivity index (χ1v) is 9.53. The van der Waals surface area contributed by atoms with Gasteiger partial charge in [0, 0.05) is 12.2 Å². The molecule has 0 saturated heterocycles. The van der Waals surface area contributed by atoms with Crippen LogP contribution in [0.3, 0.4) is 0 Å². The van der Waals surface area contributed by atoms with E-state index in [0.717, 1.165) is 12.1 Å². The lowest BCUT2D eigenvalue weighted by Gasteiger charge is -2.21. The number of anilines is 1. The summed E-state index contributed by atoms with van der Waals surface area (Å²) in [7, 11) is 0. The number of pyridine rings is 1. The molecule has 2 heterocycles. The van der Waals surface area contributed by atoms with Gasteiger partial charge in [0.25, 0.3) is 11.6 Å². The third kappa shape index (κ3) is 4.14. The molecule has 2 aromatic heterocycles. The summed E-state index contributed by atoms with van der Waals surface area (Å²) in [4.78, 5) is 31.3. The molecule has 0 saturated carbocycles. The third-order valence-electron chi connectivity index (χ3n) is 4.69. The summed E-state index contributed by atoms with van der Waals surface area (Å²) in [6, 6.07) is 4.94. The number of fused-ring (bicyclic) bond motifs is 1. The standard InChI is InChI=1S/C21H22F2N4O3/c1-5-27(10-17(28)25-19-14(22)7-6-8-15(19)23)21(29)13-9-16(11(2)3)24-20-18(13)12(4)26-30-20/h6-9,11H,5,10H2,1-4H3,(H,25,28). The fourth-order valence-electron chi connectivity index (χ4n) is 3.05. The molecule has 30 heavy (non-hydrogen) atoms. The molecule has 7 nitrogen and oxygen atoms in total. The van der Waals surface area contributed by atoms with E-state index in [2.05, 4.69) is 15.5 Å². The van der Waals surface area contributed by atoms with E-state index in [0.29, 0.717) is 22.3 Å². The molecule has 0 fully saturated rings. The molecule has 2 amide bonds. The molecule has 0 atom stereocenters. The number of hydrogen-bond acceptors (Lipinski definition) is 5. The highest BCUT2D eigenvalue weighted by Crippen LogP contribution is 2.26. The molecule has 1 aromatic carbocycles. The predicted molar refractivity (Wildman–Crippen MR) is 107 cm³/mol. The summed E-state index contributed by atoms with van der Waals surface area (Å²) in [5.74, 6) is -2.90. The Bertz CT molecular complexity index is 1090. The number of rotatable bonds is 6. The van der Waals surface area contributed by atoms with Gasteiger partial charge in [0.2, 0.25) is 5.91 Å². The highest BCUT2D eigenvalue weighted by atomic mass is 19.1. The molecule has 3 rings (SSSR count). The first kappa shape index (κ1) is 21.4. The van der Waals surface area contributed by atoms with Gasteiger partial charge in [0.1, 0.15) is 23.9 Å². The van der Waals surface area contributed by atoms with Gasteiger partial charge in [-0.25, -0.2) is 13.8 Å². The van der Waals surface area contributed by atoms with E-state index in [4.69, 9.17) is 4.52 Å². The number of halogens is 2. The SMILES string of the molecule is CCN(CC(=O)Nc1c(F)cccc1F)C(=O)c1cc(C(C)C)nc2onc(C)c12. The maximum absolute atomic E-state index is 13.8. The van der Waals surface area contributed by atoms with Crippen LogP contribution in [0.15, 0.2) is 28.8 Å². The van der Waals surface area contributed by atoms with Crippen LogP contribution in [0.2, 0.25) is 0 Å². The van der Waals surface area contributed by atoms with Gasteiger partial charge in [-0.2, -0.15) is 0 Å². The number of carbonyl (C=O) groups is 2. The van der Waals surface area contributed by atoms with Gasteiger partial charge in [-0.1, -0.05) is 25.1 Å². The monoisotopic (exact) mass is 416 g/mol. The normalized spacial score (nSPS) is 11.2. The summed E-state index contributed by atoms with van der Waals surface area (Å²) >= 11 is 0. The zero-order chi connectivity index (χ0) is 22.0. The highest BCUT2D eigenvalue weighted by molar-refractivity contribution is 6.07. The Morgan fingerprint density at radius 3 is 2.50 bits per heavy atom. The average molecular weight is 416 g/mol. The lowest BCUT2D eigenvalue weighted by atomic mass is 10.0. The van der Waals surface area contributed by atoms with Crippen LogP contribution in [0, 0.1) is 18.6 Å². The van der Waals surface area contributed by atoms with Crippen molar-refractivity contribution in [3.63, 3.8) is 0 Å². The first-order chi connectivity index (χ1) is 14.2. The number of nitrogens with one attached hydrogen (secondary N) is 1. The van der Waals surface area contributed by atoms with Crippen molar-refractivity contribution in [2.45, 2.75) is 33.6 Å². The molecule has 9 heteroatoms. The molecule has 0 unspecified atom stereocenters. The lowest BCUT2D eigenvalue weighted by Crippen LogP contribution is -2.38. The Kier molecular flexibility index (Phi) is 6.09. The fraction of sp³-hybridized carbons (Fsp3) is 0.333. The number of hydrogen-bond donors (Lipinski definition) is 1. The summed E-state index contributed by atoms with van der Waals surface area (Å²) in [5.41, 5.74) is 1.17. The summed E-state index contributed by atoms with van der Waals surface area (Å²) in [6.07, 6.45) is 0. The molecule has 3 aromatic rings. The van der Waals surface area contributed by atoms with E-state index in [1.54, 1.807) is 19.9 Å². The van der Waals surface area contributed by atoms with Gasteiger partial charge in [0.05, 0.1) is 16.6 Å². The van der Waals surface area contributed by atoms with Crippen molar-refractivity contribution in [2.75, 3.05) is 18.4 Å².